The maximum Gasteiger partial charge on any atom is 0.224 e. The van der Waals surface area contributed by atoms with Crippen LogP contribution >= 0.6 is 0 Å². The Morgan fingerprint density at radius 3 is 2.52 bits per heavy atom. The van der Waals surface area contributed by atoms with E-state index >= 15 is 0 Å². The summed E-state index contributed by atoms with van der Waals surface area (Å²) in [5.41, 5.74) is 6.97. The van der Waals surface area contributed by atoms with E-state index < -0.39 is 0 Å². The molecule has 0 spiro atoms. The van der Waals surface area contributed by atoms with Gasteiger partial charge in [-0.2, -0.15) is 0 Å². The van der Waals surface area contributed by atoms with E-state index in [1.54, 1.807) is 0 Å². The van der Waals surface area contributed by atoms with Crippen LogP contribution in [0.25, 0.3) is 0 Å². The first-order chi connectivity index (χ1) is 12.0. The lowest BCUT2D eigenvalue weighted by Gasteiger charge is -2.17. The van der Waals surface area contributed by atoms with Crippen LogP contribution in [-0.4, -0.2) is 5.91 Å². The predicted octanol–water partition coefficient (Wildman–Crippen LogP) is 5.42. The molecule has 25 heavy (non-hydrogen) atoms. The van der Waals surface area contributed by atoms with E-state index in [4.69, 9.17) is 4.74 Å². The molecule has 0 radical (unpaired) electrons. The normalized spacial score (nSPS) is 13.6. The second-order valence-corrected chi connectivity index (χ2v) is 7.04. The molecule has 2 aromatic rings. The number of amides is 1. The molecular formula is C22H27NO2. The molecule has 0 unspecified atom stereocenters. The lowest BCUT2D eigenvalue weighted by atomic mass is 10.0. The summed E-state index contributed by atoms with van der Waals surface area (Å²) in [6.45, 7) is 8.65. The summed E-state index contributed by atoms with van der Waals surface area (Å²) in [5.74, 6) is 1.57. The smallest absolute Gasteiger partial charge is 0.224 e. The number of benzene rings is 2. The summed E-state index contributed by atoms with van der Waals surface area (Å²) in [4.78, 5) is 11.9. The average molecular weight is 337 g/mol. The minimum Gasteiger partial charge on any atom is -0.489 e. The van der Waals surface area contributed by atoms with Gasteiger partial charge in [-0.15, -0.1) is 0 Å². The molecule has 0 bridgehead atoms. The summed E-state index contributed by atoms with van der Waals surface area (Å²) >= 11 is 0. The van der Waals surface area contributed by atoms with Gasteiger partial charge in [-0.1, -0.05) is 25.1 Å². The molecule has 0 aromatic heterocycles. The summed E-state index contributed by atoms with van der Waals surface area (Å²) in [6.07, 6.45) is 2.92. The van der Waals surface area contributed by atoms with Crippen molar-refractivity contribution in [2.24, 2.45) is 0 Å². The zero-order valence-corrected chi connectivity index (χ0v) is 15.6. The lowest BCUT2D eigenvalue weighted by Crippen LogP contribution is -2.13. The molecule has 132 valence electrons. The summed E-state index contributed by atoms with van der Waals surface area (Å²) in [6, 6.07) is 10.5. The van der Waals surface area contributed by atoms with Gasteiger partial charge in [0.2, 0.25) is 5.91 Å². The highest BCUT2D eigenvalue weighted by molar-refractivity contribution is 5.91. The Kier molecular flexibility index (Phi) is 5.12. The highest BCUT2D eigenvalue weighted by Crippen LogP contribution is 2.43. The van der Waals surface area contributed by atoms with Gasteiger partial charge in [-0.25, -0.2) is 0 Å². The van der Waals surface area contributed by atoms with Crippen molar-refractivity contribution in [1.29, 1.82) is 0 Å². The van der Waals surface area contributed by atoms with Gasteiger partial charge in [0, 0.05) is 17.7 Å². The van der Waals surface area contributed by atoms with Crippen molar-refractivity contribution in [1.82, 2.24) is 0 Å². The number of anilines is 1. The van der Waals surface area contributed by atoms with Gasteiger partial charge in [0.15, 0.2) is 0 Å². The first kappa shape index (κ1) is 17.5. The molecule has 3 nitrogen and oxygen atoms in total. The predicted molar refractivity (Wildman–Crippen MR) is 102 cm³/mol. The van der Waals surface area contributed by atoms with E-state index in [2.05, 4.69) is 44.3 Å². The Bertz CT molecular complexity index is 791. The first-order valence-electron chi connectivity index (χ1n) is 9.12. The molecule has 1 N–H and O–H groups in total. The standard InChI is InChI=1S/C22H27NO2/c1-5-22(24)23-20-8-6-7-18(17-9-10-17)19(20)13-25-21-12-15(3)14(2)11-16(21)4/h6-8,11-12,17H,5,9-10,13H2,1-4H3,(H,23,24). The van der Waals surface area contributed by atoms with Crippen LogP contribution in [0.3, 0.4) is 0 Å². The minimum atomic E-state index is 0.0385. The molecule has 3 heteroatoms. The summed E-state index contributed by atoms with van der Waals surface area (Å²) in [5, 5.41) is 3.04. The fraction of sp³-hybridized carbons (Fsp3) is 0.409. The molecule has 0 aliphatic heterocycles. The van der Waals surface area contributed by atoms with Crippen molar-refractivity contribution in [2.75, 3.05) is 5.32 Å². The maximum atomic E-state index is 11.9. The number of ether oxygens (including phenoxy) is 1. The van der Waals surface area contributed by atoms with E-state index in [9.17, 15) is 4.79 Å². The lowest BCUT2D eigenvalue weighted by molar-refractivity contribution is -0.115. The number of nitrogens with one attached hydrogen (secondary N) is 1. The van der Waals surface area contributed by atoms with E-state index in [0.717, 1.165) is 22.6 Å². The molecule has 3 rings (SSSR count). The number of rotatable bonds is 6. The molecule has 0 saturated heterocycles. The van der Waals surface area contributed by atoms with Gasteiger partial charge in [-0.3, -0.25) is 4.79 Å². The highest BCUT2D eigenvalue weighted by atomic mass is 16.5. The molecule has 0 atom stereocenters. The molecule has 1 aliphatic rings. The quantitative estimate of drug-likeness (QED) is 0.764. The van der Waals surface area contributed by atoms with Crippen LogP contribution in [0.15, 0.2) is 30.3 Å². The first-order valence-corrected chi connectivity index (χ1v) is 9.12. The number of hydrogen-bond donors (Lipinski definition) is 1. The van der Waals surface area contributed by atoms with E-state index in [-0.39, 0.29) is 5.91 Å². The van der Waals surface area contributed by atoms with Crippen molar-refractivity contribution in [3.8, 4) is 5.75 Å². The van der Waals surface area contributed by atoms with E-state index in [1.807, 2.05) is 19.1 Å². The van der Waals surface area contributed by atoms with Crippen molar-refractivity contribution in [3.63, 3.8) is 0 Å². The average Bonchev–Trinajstić information content (AvgIpc) is 3.42. The third-order valence-electron chi connectivity index (χ3n) is 4.99. The molecule has 1 aliphatic carbocycles. The summed E-state index contributed by atoms with van der Waals surface area (Å²) < 4.78 is 6.18. The maximum absolute atomic E-state index is 11.9. The molecule has 0 heterocycles. The van der Waals surface area contributed by atoms with Crippen molar-refractivity contribution in [2.45, 2.75) is 59.5 Å². The Morgan fingerprint density at radius 1 is 1.12 bits per heavy atom. The number of carbonyl (C=O) groups is 1. The van der Waals surface area contributed by atoms with Crippen molar-refractivity contribution in [3.05, 3.63) is 58.1 Å². The second-order valence-electron chi connectivity index (χ2n) is 7.04. The fourth-order valence-corrected chi connectivity index (χ4v) is 3.14. The highest BCUT2D eigenvalue weighted by Gasteiger charge is 2.27. The van der Waals surface area contributed by atoms with Crippen LogP contribution in [0, 0.1) is 20.8 Å². The van der Waals surface area contributed by atoms with Crippen LogP contribution in [0.2, 0.25) is 0 Å². The van der Waals surface area contributed by atoms with Crippen LogP contribution in [0.5, 0.6) is 5.75 Å². The second kappa shape index (κ2) is 7.30. The molecule has 2 aromatic carbocycles. The van der Waals surface area contributed by atoms with Gasteiger partial charge in [0.1, 0.15) is 12.4 Å². The zero-order chi connectivity index (χ0) is 18.0. The Morgan fingerprint density at radius 2 is 1.84 bits per heavy atom. The summed E-state index contributed by atoms with van der Waals surface area (Å²) in [7, 11) is 0. The number of carbonyl (C=O) groups excluding carboxylic acids is 1. The third kappa shape index (κ3) is 4.04. The van der Waals surface area contributed by atoms with Gasteiger partial charge in [0.25, 0.3) is 0 Å². The Labute approximate surface area is 150 Å². The van der Waals surface area contributed by atoms with Crippen molar-refractivity contribution >= 4 is 11.6 Å². The van der Waals surface area contributed by atoms with Gasteiger partial charge >= 0.3 is 0 Å². The third-order valence-corrected chi connectivity index (χ3v) is 4.99. The molecular weight excluding hydrogens is 310 g/mol. The zero-order valence-electron chi connectivity index (χ0n) is 15.6. The largest absolute Gasteiger partial charge is 0.489 e. The van der Waals surface area contributed by atoms with E-state index in [0.29, 0.717) is 18.9 Å². The van der Waals surface area contributed by atoms with Gasteiger partial charge in [-0.05, 0) is 73.9 Å². The molecule has 1 amide bonds. The van der Waals surface area contributed by atoms with Gasteiger partial charge < -0.3 is 10.1 Å². The Hall–Kier alpha value is -2.29. The topological polar surface area (TPSA) is 38.3 Å². The Balaban J connectivity index is 1.88. The van der Waals surface area contributed by atoms with Crippen molar-refractivity contribution < 1.29 is 9.53 Å². The van der Waals surface area contributed by atoms with E-state index in [1.165, 1.54) is 29.5 Å². The fourth-order valence-electron chi connectivity index (χ4n) is 3.14. The SMILES string of the molecule is CCC(=O)Nc1cccc(C2CC2)c1COc1cc(C)c(C)cc1C. The number of aryl methyl sites for hydroxylation is 3. The van der Waals surface area contributed by atoms with Gasteiger partial charge in [0.05, 0.1) is 0 Å². The minimum absolute atomic E-state index is 0.0385. The van der Waals surface area contributed by atoms with Crippen LogP contribution in [-0.2, 0) is 11.4 Å². The molecule has 1 saturated carbocycles. The van der Waals surface area contributed by atoms with Crippen LogP contribution < -0.4 is 10.1 Å². The van der Waals surface area contributed by atoms with Crippen LogP contribution in [0.1, 0.15) is 59.9 Å². The monoisotopic (exact) mass is 337 g/mol. The van der Waals surface area contributed by atoms with Crippen LogP contribution in [0.4, 0.5) is 5.69 Å². The number of hydrogen-bond acceptors (Lipinski definition) is 2. The molecule has 1 fully saturated rings.